The van der Waals surface area contributed by atoms with Gasteiger partial charge in [0.25, 0.3) is 0 Å². The highest BCUT2D eigenvalue weighted by Crippen LogP contribution is 2.28. The Morgan fingerprint density at radius 2 is 1.50 bits per heavy atom. The smallest absolute Gasteiger partial charge is 0.135 e. The first-order valence-electron chi connectivity index (χ1n) is 7.37. The van der Waals surface area contributed by atoms with Crippen LogP contribution in [0.3, 0.4) is 0 Å². The van der Waals surface area contributed by atoms with Crippen LogP contribution in [0.4, 0.5) is 0 Å². The van der Waals surface area contributed by atoms with E-state index in [1.165, 1.54) is 64.2 Å². The molecule has 0 spiro atoms. The molecule has 16 heavy (non-hydrogen) atoms. The van der Waals surface area contributed by atoms with E-state index in [2.05, 4.69) is 6.92 Å². The minimum absolute atomic E-state index is 0.463. The molecular weight excluding hydrogens is 196 g/mol. The van der Waals surface area contributed by atoms with Crippen LogP contribution in [0, 0.1) is 5.92 Å². The third-order valence-electron chi connectivity index (χ3n) is 3.84. The molecule has 94 valence electrons. The Bertz CT molecular complexity index is 182. The molecule has 1 nitrogen and oxygen atoms in total. The number of hydrogen-bond donors (Lipinski definition) is 0. The molecule has 0 amide bonds. The average molecular weight is 224 g/mol. The molecule has 0 aromatic heterocycles. The van der Waals surface area contributed by atoms with Crippen LogP contribution in [-0.2, 0) is 4.79 Å². The van der Waals surface area contributed by atoms with E-state index in [1.807, 2.05) is 0 Å². The zero-order valence-electron chi connectivity index (χ0n) is 11.0. The summed E-state index contributed by atoms with van der Waals surface area (Å²) in [6, 6.07) is 0. The van der Waals surface area contributed by atoms with Gasteiger partial charge < -0.3 is 0 Å². The Kier molecular flexibility index (Phi) is 7.54. The van der Waals surface area contributed by atoms with Gasteiger partial charge in [0.1, 0.15) is 5.78 Å². The zero-order valence-corrected chi connectivity index (χ0v) is 11.0. The van der Waals surface area contributed by atoms with Gasteiger partial charge in [0, 0.05) is 12.3 Å². The van der Waals surface area contributed by atoms with Crippen LogP contribution in [-0.4, -0.2) is 5.78 Å². The van der Waals surface area contributed by atoms with Crippen LogP contribution in [0.15, 0.2) is 0 Å². The Morgan fingerprint density at radius 1 is 0.938 bits per heavy atom. The van der Waals surface area contributed by atoms with E-state index in [0.717, 1.165) is 12.8 Å². The molecule has 1 aliphatic rings. The highest BCUT2D eigenvalue weighted by Gasteiger charge is 2.23. The van der Waals surface area contributed by atoms with Crippen LogP contribution in [0.2, 0.25) is 0 Å². The van der Waals surface area contributed by atoms with E-state index in [0.29, 0.717) is 11.7 Å². The van der Waals surface area contributed by atoms with Gasteiger partial charge in [-0.15, -0.1) is 0 Å². The molecule has 0 unspecified atom stereocenters. The Morgan fingerprint density at radius 3 is 2.00 bits per heavy atom. The summed E-state index contributed by atoms with van der Waals surface area (Å²) in [7, 11) is 0. The Balaban J connectivity index is 1.79. The van der Waals surface area contributed by atoms with Crippen molar-refractivity contribution in [3.05, 3.63) is 0 Å². The van der Waals surface area contributed by atoms with Crippen molar-refractivity contribution in [1.82, 2.24) is 0 Å². The molecule has 1 fully saturated rings. The predicted molar refractivity (Wildman–Crippen MR) is 69.6 cm³/mol. The molecule has 1 aliphatic carbocycles. The van der Waals surface area contributed by atoms with Gasteiger partial charge in [-0.3, -0.25) is 4.79 Å². The van der Waals surface area contributed by atoms with Crippen molar-refractivity contribution in [1.29, 1.82) is 0 Å². The summed E-state index contributed by atoms with van der Waals surface area (Å²) >= 11 is 0. The van der Waals surface area contributed by atoms with E-state index in [1.54, 1.807) is 0 Å². The van der Waals surface area contributed by atoms with Crippen LogP contribution in [0.1, 0.15) is 84.0 Å². The lowest BCUT2D eigenvalue weighted by atomic mass is 9.80. The minimum atomic E-state index is 0.463. The molecule has 0 N–H and O–H groups in total. The van der Waals surface area contributed by atoms with Crippen LogP contribution in [0.25, 0.3) is 0 Å². The molecule has 0 saturated heterocycles. The normalized spacial score (nSPS) is 16.1. The lowest BCUT2D eigenvalue weighted by Gasteiger charge is -2.23. The van der Waals surface area contributed by atoms with Crippen molar-refractivity contribution < 1.29 is 4.79 Å². The second-order valence-corrected chi connectivity index (χ2v) is 5.32. The van der Waals surface area contributed by atoms with E-state index in [9.17, 15) is 4.79 Å². The quantitative estimate of drug-likeness (QED) is 0.483. The number of ketones is 1. The van der Waals surface area contributed by atoms with Gasteiger partial charge in [-0.05, 0) is 19.3 Å². The maximum Gasteiger partial charge on any atom is 0.135 e. The lowest BCUT2D eigenvalue weighted by Crippen LogP contribution is -2.21. The Labute approximate surface area is 101 Å². The van der Waals surface area contributed by atoms with Crippen molar-refractivity contribution in [2.24, 2.45) is 5.92 Å². The number of carbonyl (C=O) groups excluding carboxylic acids is 1. The van der Waals surface area contributed by atoms with Crippen LogP contribution < -0.4 is 0 Å². The number of rotatable bonds is 10. The fourth-order valence-corrected chi connectivity index (χ4v) is 2.37. The van der Waals surface area contributed by atoms with Gasteiger partial charge >= 0.3 is 0 Å². The summed E-state index contributed by atoms with van der Waals surface area (Å²) in [6.07, 6.45) is 15.1. The largest absolute Gasteiger partial charge is 0.299 e. The first-order chi connectivity index (χ1) is 7.84. The molecule has 1 rings (SSSR count). The number of unbranched alkanes of at least 4 members (excludes halogenated alkanes) is 7. The Hall–Kier alpha value is -0.330. The van der Waals surface area contributed by atoms with E-state index < -0.39 is 0 Å². The molecular formula is C15H28O. The van der Waals surface area contributed by atoms with Gasteiger partial charge in [0.15, 0.2) is 0 Å². The molecule has 1 heteroatoms. The first-order valence-corrected chi connectivity index (χ1v) is 7.37. The fraction of sp³-hybridized carbons (Fsp3) is 0.933. The maximum absolute atomic E-state index is 11.6. The third-order valence-corrected chi connectivity index (χ3v) is 3.84. The molecule has 0 radical (unpaired) electrons. The molecule has 0 bridgehead atoms. The van der Waals surface area contributed by atoms with Crippen molar-refractivity contribution in [3.8, 4) is 0 Å². The van der Waals surface area contributed by atoms with Crippen LogP contribution >= 0.6 is 0 Å². The second-order valence-electron chi connectivity index (χ2n) is 5.32. The summed E-state index contributed by atoms with van der Waals surface area (Å²) in [5.74, 6) is 1.02. The minimum Gasteiger partial charge on any atom is -0.299 e. The highest BCUT2D eigenvalue weighted by atomic mass is 16.1. The SMILES string of the molecule is CCCCCCCCCCC(=O)C1CCC1. The van der Waals surface area contributed by atoms with E-state index >= 15 is 0 Å². The van der Waals surface area contributed by atoms with Gasteiger partial charge in [-0.1, -0.05) is 58.3 Å². The summed E-state index contributed by atoms with van der Waals surface area (Å²) in [6.45, 7) is 2.26. The fourth-order valence-electron chi connectivity index (χ4n) is 2.37. The topological polar surface area (TPSA) is 17.1 Å². The van der Waals surface area contributed by atoms with Gasteiger partial charge in [-0.25, -0.2) is 0 Å². The van der Waals surface area contributed by atoms with Gasteiger partial charge in [0.05, 0.1) is 0 Å². The number of carbonyl (C=O) groups is 1. The highest BCUT2D eigenvalue weighted by molar-refractivity contribution is 5.81. The van der Waals surface area contributed by atoms with Crippen molar-refractivity contribution in [2.75, 3.05) is 0 Å². The first kappa shape index (κ1) is 13.7. The third kappa shape index (κ3) is 5.67. The van der Waals surface area contributed by atoms with E-state index in [-0.39, 0.29) is 0 Å². The number of hydrogen-bond acceptors (Lipinski definition) is 1. The summed E-state index contributed by atoms with van der Waals surface area (Å²) < 4.78 is 0. The zero-order chi connectivity index (χ0) is 11.6. The maximum atomic E-state index is 11.6. The second kappa shape index (κ2) is 8.78. The van der Waals surface area contributed by atoms with Crippen molar-refractivity contribution >= 4 is 5.78 Å². The molecule has 0 aromatic rings. The standard InChI is InChI=1S/C15H28O/c1-2-3-4-5-6-7-8-9-13-15(16)14-11-10-12-14/h14H,2-13H2,1H3. The monoisotopic (exact) mass is 224 g/mol. The molecule has 0 aromatic carbocycles. The summed E-state index contributed by atoms with van der Waals surface area (Å²) in [5, 5.41) is 0. The molecule has 1 saturated carbocycles. The summed E-state index contributed by atoms with van der Waals surface area (Å²) in [5.41, 5.74) is 0. The van der Waals surface area contributed by atoms with Gasteiger partial charge in [0.2, 0.25) is 0 Å². The molecule has 0 atom stereocenters. The molecule has 0 heterocycles. The average Bonchev–Trinajstić information content (AvgIpc) is 2.19. The van der Waals surface area contributed by atoms with Gasteiger partial charge in [-0.2, -0.15) is 0 Å². The summed E-state index contributed by atoms with van der Waals surface area (Å²) in [4.78, 5) is 11.6. The molecule has 0 aliphatic heterocycles. The predicted octanol–water partition coefficient (Wildman–Crippen LogP) is 4.89. The van der Waals surface area contributed by atoms with Crippen molar-refractivity contribution in [2.45, 2.75) is 84.0 Å². The van der Waals surface area contributed by atoms with E-state index in [4.69, 9.17) is 0 Å². The number of Topliss-reactive ketones (excluding diaryl/α,β-unsaturated/α-hetero) is 1. The van der Waals surface area contributed by atoms with Crippen LogP contribution in [0.5, 0.6) is 0 Å². The van der Waals surface area contributed by atoms with Crippen molar-refractivity contribution in [3.63, 3.8) is 0 Å². The lowest BCUT2D eigenvalue weighted by molar-refractivity contribution is -0.125.